The van der Waals surface area contributed by atoms with Gasteiger partial charge in [0.15, 0.2) is 0 Å². The van der Waals surface area contributed by atoms with Crippen molar-refractivity contribution in [3.8, 4) is 11.5 Å². The summed E-state index contributed by atoms with van der Waals surface area (Å²) in [5.41, 5.74) is 0. The minimum absolute atomic E-state index is 0.318. The zero-order valence-corrected chi connectivity index (χ0v) is 9.03. The van der Waals surface area contributed by atoms with E-state index in [-0.39, 0.29) is 5.97 Å². The maximum atomic E-state index is 11.1. The number of hydrogen-bond donors (Lipinski definition) is 0. The Bertz CT molecular complexity index is 303. The SMILES string of the molecule is CC[CH]C(=O)Oc1ccc(OCC)cc1. The molecule has 0 amide bonds. The van der Waals surface area contributed by atoms with E-state index in [0.717, 1.165) is 5.75 Å². The van der Waals surface area contributed by atoms with Gasteiger partial charge in [0.2, 0.25) is 0 Å². The maximum absolute atomic E-state index is 11.1. The van der Waals surface area contributed by atoms with Crippen LogP contribution in [0.2, 0.25) is 0 Å². The Balaban J connectivity index is 2.52. The summed E-state index contributed by atoms with van der Waals surface area (Å²) in [7, 11) is 0. The van der Waals surface area contributed by atoms with Crippen molar-refractivity contribution in [3.05, 3.63) is 30.7 Å². The van der Waals surface area contributed by atoms with Crippen LogP contribution < -0.4 is 9.47 Å². The lowest BCUT2D eigenvalue weighted by molar-refractivity contribution is -0.130. The second-order valence-electron chi connectivity index (χ2n) is 2.94. The Morgan fingerprint density at radius 1 is 1.20 bits per heavy atom. The van der Waals surface area contributed by atoms with Gasteiger partial charge in [-0.25, -0.2) is 0 Å². The van der Waals surface area contributed by atoms with Crippen molar-refractivity contribution in [1.29, 1.82) is 0 Å². The fourth-order valence-electron chi connectivity index (χ4n) is 1.10. The number of benzene rings is 1. The number of esters is 1. The third kappa shape index (κ3) is 4.02. The summed E-state index contributed by atoms with van der Waals surface area (Å²) in [6, 6.07) is 6.98. The second-order valence-corrected chi connectivity index (χ2v) is 2.94. The summed E-state index contributed by atoms with van der Waals surface area (Å²) < 4.78 is 10.3. The lowest BCUT2D eigenvalue weighted by Gasteiger charge is -2.05. The summed E-state index contributed by atoms with van der Waals surface area (Å²) in [6.07, 6.45) is 2.17. The van der Waals surface area contributed by atoms with Crippen molar-refractivity contribution in [3.63, 3.8) is 0 Å². The molecule has 0 aliphatic carbocycles. The molecule has 0 saturated carbocycles. The first kappa shape index (κ1) is 11.6. The molecule has 81 valence electrons. The van der Waals surface area contributed by atoms with Gasteiger partial charge in [-0.1, -0.05) is 6.92 Å². The molecule has 0 atom stereocenters. The first-order valence-electron chi connectivity index (χ1n) is 5.04. The van der Waals surface area contributed by atoms with Crippen LogP contribution in [-0.4, -0.2) is 12.6 Å². The highest BCUT2D eigenvalue weighted by Crippen LogP contribution is 2.17. The number of hydrogen-bond acceptors (Lipinski definition) is 3. The zero-order valence-electron chi connectivity index (χ0n) is 9.03. The monoisotopic (exact) mass is 207 g/mol. The molecule has 1 aromatic carbocycles. The molecule has 0 unspecified atom stereocenters. The molecule has 3 heteroatoms. The van der Waals surface area contributed by atoms with E-state index in [9.17, 15) is 4.79 Å². The standard InChI is InChI=1S/C12H15O3/c1-3-5-12(13)15-11-8-6-10(7-9-11)14-4-2/h5-9H,3-4H2,1-2H3. The molecule has 0 heterocycles. The Morgan fingerprint density at radius 3 is 2.33 bits per heavy atom. The number of rotatable bonds is 5. The molecule has 0 bridgehead atoms. The van der Waals surface area contributed by atoms with E-state index >= 15 is 0 Å². The lowest BCUT2D eigenvalue weighted by Crippen LogP contribution is -2.07. The van der Waals surface area contributed by atoms with Gasteiger partial charge in [0.25, 0.3) is 0 Å². The van der Waals surface area contributed by atoms with Crippen LogP contribution >= 0.6 is 0 Å². The first-order valence-corrected chi connectivity index (χ1v) is 5.04. The molecule has 15 heavy (non-hydrogen) atoms. The molecule has 0 saturated heterocycles. The van der Waals surface area contributed by atoms with Crippen LogP contribution in [0.1, 0.15) is 20.3 Å². The normalized spacial score (nSPS) is 9.73. The number of carbonyl (C=O) groups is 1. The van der Waals surface area contributed by atoms with Crippen LogP contribution in [-0.2, 0) is 4.79 Å². The van der Waals surface area contributed by atoms with Gasteiger partial charge >= 0.3 is 5.97 Å². The minimum atomic E-state index is -0.318. The Morgan fingerprint density at radius 2 is 1.80 bits per heavy atom. The molecule has 0 aromatic heterocycles. The van der Waals surface area contributed by atoms with E-state index in [4.69, 9.17) is 9.47 Å². The van der Waals surface area contributed by atoms with Crippen molar-refractivity contribution in [2.24, 2.45) is 0 Å². The molecule has 1 aromatic rings. The average Bonchev–Trinajstić information content (AvgIpc) is 2.22. The summed E-state index contributed by atoms with van der Waals surface area (Å²) in [5.74, 6) is 0.992. The van der Waals surface area contributed by atoms with E-state index in [0.29, 0.717) is 18.8 Å². The van der Waals surface area contributed by atoms with Crippen LogP contribution in [0, 0.1) is 6.42 Å². The van der Waals surface area contributed by atoms with Gasteiger partial charge in [0.05, 0.1) is 13.0 Å². The highest BCUT2D eigenvalue weighted by molar-refractivity contribution is 5.80. The quantitative estimate of drug-likeness (QED) is 0.550. The smallest absolute Gasteiger partial charge is 0.315 e. The molecule has 0 aliphatic rings. The van der Waals surface area contributed by atoms with Gasteiger partial charge in [-0.2, -0.15) is 0 Å². The number of carbonyl (C=O) groups excluding carboxylic acids is 1. The van der Waals surface area contributed by atoms with Crippen LogP contribution in [0.15, 0.2) is 24.3 Å². The van der Waals surface area contributed by atoms with Gasteiger partial charge in [0.1, 0.15) is 11.5 Å². The highest BCUT2D eigenvalue weighted by Gasteiger charge is 2.03. The molecular formula is C12H15O3. The van der Waals surface area contributed by atoms with Crippen LogP contribution in [0.5, 0.6) is 11.5 Å². The summed E-state index contributed by atoms with van der Waals surface area (Å²) in [6.45, 7) is 4.44. The molecule has 0 aliphatic heterocycles. The topological polar surface area (TPSA) is 35.5 Å². The van der Waals surface area contributed by atoms with Gasteiger partial charge in [0, 0.05) is 0 Å². The number of ether oxygens (including phenoxy) is 2. The Hall–Kier alpha value is -1.51. The fraction of sp³-hybridized carbons (Fsp3) is 0.333. The van der Waals surface area contributed by atoms with Crippen molar-refractivity contribution in [2.75, 3.05) is 6.61 Å². The van der Waals surface area contributed by atoms with Crippen molar-refractivity contribution in [1.82, 2.24) is 0 Å². The lowest BCUT2D eigenvalue weighted by atomic mass is 10.3. The molecule has 1 radical (unpaired) electrons. The molecule has 3 nitrogen and oxygen atoms in total. The highest BCUT2D eigenvalue weighted by atomic mass is 16.5. The largest absolute Gasteiger partial charge is 0.494 e. The van der Waals surface area contributed by atoms with Gasteiger partial charge in [-0.05, 0) is 37.6 Å². The summed E-state index contributed by atoms with van der Waals surface area (Å²) >= 11 is 0. The van der Waals surface area contributed by atoms with Crippen molar-refractivity contribution < 1.29 is 14.3 Å². The Kier molecular flexibility index (Phi) is 4.68. The molecule has 0 N–H and O–H groups in total. The molecule has 0 spiro atoms. The van der Waals surface area contributed by atoms with E-state index < -0.39 is 0 Å². The third-order valence-corrected chi connectivity index (χ3v) is 1.72. The van der Waals surface area contributed by atoms with E-state index in [2.05, 4.69) is 0 Å². The first-order chi connectivity index (χ1) is 7.26. The van der Waals surface area contributed by atoms with Crippen molar-refractivity contribution >= 4 is 5.97 Å². The van der Waals surface area contributed by atoms with Gasteiger partial charge in [-0.3, -0.25) is 4.79 Å². The van der Waals surface area contributed by atoms with E-state index in [1.54, 1.807) is 24.3 Å². The average molecular weight is 207 g/mol. The molecule has 0 fully saturated rings. The maximum Gasteiger partial charge on any atom is 0.315 e. The predicted molar refractivity (Wildman–Crippen MR) is 57.8 cm³/mol. The molecular weight excluding hydrogens is 192 g/mol. The van der Waals surface area contributed by atoms with Crippen molar-refractivity contribution in [2.45, 2.75) is 20.3 Å². The van der Waals surface area contributed by atoms with Crippen LogP contribution in [0.25, 0.3) is 0 Å². The van der Waals surface area contributed by atoms with Crippen LogP contribution in [0.4, 0.5) is 0 Å². The van der Waals surface area contributed by atoms with E-state index in [1.165, 1.54) is 6.42 Å². The van der Waals surface area contributed by atoms with Gasteiger partial charge in [-0.15, -0.1) is 0 Å². The Labute approximate surface area is 90.0 Å². The van der Waals surface area contributed by atoms with Crippen LogP contribution in [0.3, 0.4) is 0 Å². The second kappa shape index (κ2) is 6.06. The third-order valence-electron chi connectivity index (χ3n) is 1.72. The molecule has 1 rings (SSSR count). The fourth-order valence-corrected chi connectivity index (χ4v) is 1.10. The summed E-state index contributed by atoms with van der Waals surface area (Å²) in [4.78, 5) is 11.1. The summed E-state index contributed by atoms with van der Waals surface area (Å²) in [5, 5.41) is 0. The van der Waals surface area contributed by atoms with Gasteiger partial charge < -0.3 is 9.47 Å². The van der Waals surface area contributed by atoms with E-state index in [1.807, 2.05) is 13.8 Å². The zero-order chi connectivity index (χ0) is 11.1. The predicted octanol–water partition coefficient (Wildman–Crippen LogP) is 2.60. The minimum Gasteiger partial charge on any atom is -0.494 e.